The van der Waals surface area contributed by atoms with Gasteiger partial charge < -0.3 is 10.6 Å². The van der Waals surface area contributed by atoms with Gasteiger partial charge in [-0.15, -0.1) is 6.42 Å². The Hall–Kier alpha value is -2.74. The molecule has 2 rings (SSSR count). The molecule has 1 aromatic carbocycles. The van der Waals surface area contributed by atoms with E-state index >= 15 is 0 Å². The molecule has 2 N–H and O–H groups in total. The average Bonchev–Trinajstić information content (AvgIpc) is 2.88. The first-order valence-corrected chi connectivity index (χ1v) is 5.72. The highest BCUT2D eigenvalue weighted by molar-refractivity contribution is 5.92. The van der Waals surface area contributed by atoms with Gasteiger partial charge in [-0.05, 0) is 30.3 Å². The Balaban J connectivity index is 2.22. The molecule has 19 heavy (non-hydrogen) atoms. The summed E-state index contributed by atoms with van der Waals surface area (Å²) >= 11 is 0. The SMILES string of the molecule is C#CCN(C)C(=O)c1ccn(-c2ccc(N)cc2)n1. The summed E-state index contributed by atoms with van der Waals surface area (Å²) in [6.07, 6.45) is 6.90. The Morgan fingerprint density at radius 1 is 1.42 bits per heavy atom. The summed E-state index contributed by atoms with van der Waals surface area (Å²) in [5.41, 5.74) is 7.50. The molecular formula is C14H14N4O. The van der Waals surface area contributed by atoms with Gasteiger partial charge in [-0.2, -0.15) is 5.10 Å². The lowest BCUT2D eigenvalue weighted by atomic mass is 10.3. The molecule has 96 valence electrons. The summed E-state index contributed by atoms with van der Waals surface area (Å²) in [7, 11) is 1.64. The first kappa shape index (κ1) is 12.7. The number of aromatic nitrogens is 2. The molecular weight excluding hydrogens is 240 g/mol. The Labute approximate surface area is 111 Å². The van der Waals surface area contributed by atoms with Crippen molar-refractivity contribution in [3.63, 3.8) is 0 Å². The number of hydrogen-bond acceptors (Lipinski definition) is 3. The second-order valence-corrected chi connectivity index (χ2v) is 4.10. The smallest absolute Gasteiger partial charge is 0.274 e. The molecule has 0 aliphatic heterocycles. The van der Waals surface area contributed by atoms with Crippen molar-refractivity contribution < 1.29 is 4.79 Å². The normalized spacial score (nSPS) is 9.89. The highest BCUT2D eigenvalue weighted by Gasteiger charge is 2.14. The van der Waals surface area contributed by atoms with E-state index in [1.165, 1.54) is 4.90 Å². The maximum absolute atomic E-state index is 12.0. The summed E-state index contributed by atoms with van der Waals surface area (Å²) in [5.74, 6) is 2.22. The average molecular weight is 254 g/mol. The van der Waals surface area contributed by atoms with Crippen molar-refractivity contribution in [3.8, 4) is 18.0 Å². The van der Waals surface area contributed by atoms with Gasteiger partial charge in [-0.3, -0.25) is 4.79 Å². The molecule has 1 aromatic heterocycles. The second-order valence-electron chi connectivity index (χ2n) is 4.10. The Morgan fingerprint density at radius 2 is 2.11 bits per heavy atom. The van der Waals surface area contributed by atoms with Crippen LogP contribution < -0.4 is 5.73 Å². The molecule has 0 atom stereocenters. The topological polar surface area (TPSA) is 64.2 Å². The van der Waals surface area contributed by atoms with Crippen LogP contribution in [0.1, 0.15) is 10.5 Å². The van der Waals surface area contributed by atoms with E-state index in [2.05, 4.69) is 11.0 Å². The molecule has 1 heterocycles. The zero-order valence-corrected chi connectivity index (χ0v) is 10.6. The summed E-state index contributed by atoms with van der Waals surface area (Å²) in [5, 5.41) is 4.23. The zero-order chi connectivity index (χ0) is 13.8. The number of rotatable bonds is 3. The number of amides is 1. The van der Waals surface area contributed by atoms with Crippen molar-refractivity contribution in [2.45, 2.75) is 0 Å². The highest BCUT2D eigenvalue weighted by Crippen LogP contribution is 2.11. The van der Waals surface area contributed by atoms with E-state index in [9.17, 15) is 4.79 Å². The number of carbonyl (C=O) groups is 1. The van der Waals surface area contributed by atoms with Crippen LogP contribution >= 0.6 is 0 Å². The number of anilines is 1. The third-order valence-corrected chi connectivity index (χ3v) is 2.64. The van der Waals surface area contributed by atoms with Crippen molar-refractivity contribution in [1.82, 2.24) is 14.7 Å². The van der Waals surface area contributed by atoms with E-state index in [0.29, 0.717) is 11.4 Å². The van der Waals surface area contributed by atoms with Crippen LogP contribution in [-0.4, -0.2) is 34.2 Å². The minimum Gasteiger partial charge on any atom is -0.399 e. The second kappa shape index (κ2) is 5.27. The van der Waals surface area contributed by atoms with Crippen molar-refractivity contribution in [1.29, 1.82) is 0 Å². The zero-order valence-electron chi connectivity index (χ0n) is 10.6. The fourth-order valence-corrected chi connectivity index (χ4v) is 1.61. The number of nitrogen functional groups attached to an aromatic ring is 1. The maximum Gasteiger partial charge on any atom is 0.274 e. The van der Waals surface area contributed by atoms with Crippen molar-refractivity contribution in [2.24, 2.45) is 0 Å². The van der Waals surface area contributed by atoms with E-state index in [0.717, 1.165) is 5.69 Å². The lowest BCUT2D eigenvalue weighted by Gasteiger charge is -2.11. The molecule has 0 fully saturated rings. The predicted octanol–water partition coefficient (Wildman–Crippen LogP) is 1.16. The van der Waals surface area contributed by atoms with E-state index < -0.39 is 0 Å². The molecule has 0 bridgehead atoms. The lowest BCUT2D eigenvalue weighted by molar-refractivity contribution is 0.0806. The number of nitrogens with zero attached hydrogens (tertiary/aromatic N) is 3. The molecule has 2 aromatic rings. The van der Waals surface area contributed by atoms with Crippen LogP contribution in [-0.2, 0) is 0 Å². The van der Waals surface area contributed by atoms with Crippen LogP contribution in [0.3, 0.4) is 0 Å². The standard InChI is InChI=1S/C14H14N4O/c1-3-9-17(2)14(19)13-8-10-18(16-13)12-6-4-11(15)5-7-12/h1,4-8,10H,9,15H2,2H3. The van der Waals surface area contributed by atoms with Gasteiger partial charge in [0.15, 0.2) is 5.69 Å². The van der Waals surface area contributed by atoms with Crippen LogP contribution in [0.25, 0.3) is 5.69 Å². The van der Waals surface area contributed by atoms with Gasteiger partial charge >= 0.3 is 0 Å². The fraction of sp³-hybridized carbons (Fsp3) is 0.143. The van der Waals surface area contributed by atoms with Gasteiger partial charge in [-0.1, -0.05) is 5.92 Å². The van der Waals surface area contributed by atoms with Gasteiger partial charge in [0.05, 0.1) is 12.2 Å². The van der Waals surface area contributed by atoms with Crippen molar-refractivity contribution in [3.05, 3.63) is 42.2 Å². The third-order valence-electron chi connectivity index (χ3n) is 2.64. The molecule has 0 spiro atoms. The fourth-order valence-electron chi connectivity index (χ4n) is 1.61. The van der Waals surface area contributed by atoms with Gasteiger partial charge in [0.25, 0.3) is 5.91 Å². The van der Waals surface area contributed by atoms with Crippen LogP contribution in [0.15, 0.2) is 36.5 Å². The number of nitrogens with two attached hydrogens (primary N) is 1. The first-order valence-electron chi connectivity index (χ1n) is 5.72. The number of terminal acetylenes is 1. The minimum absolute atomic E-state index is 0.202. The lowest BCUT2D eigenvalue weighted by Crippen LogP contribution is -2.27. The molecule has 0 saturated heterocycles. The Kier molecular flexibility index (Phi) is 3.53. The van der Waals surface area contributed by atoms with Crippen LogP contribution in [0.2, 0.25) is 0 Å². The molecule has 5 nitrogen and oxygen atoms in total. The molecule has 1 amide bonds. The van der Waals surface area contributed by atoms with Crippen molar-refractivity contribution in [2.75, 3.05) is 19.3 Å². The largest absolute Gasteiger partial charge is 0.399 e. The molecule has 5 heteroatoms. The molecule has 0 radical (unpaired) electrons. The summed E-state index contributed by atoms with van der Waals surface area (Å²) in [6.45, 7) is 0.258. The summed E-state index contributed by atoms with van der Waals surface area (Å²) < 4.78 is 1.62. The van der Waals surface area contributed by atoms with E-state index in [1.54, 1.807) is 36.1 Å². The first-order chi connectivity index (χ1) is 9.11. The van der Waals surface area contributed by atoms with Gasteiger partial charge in [-0.25, -0.2) is 4.68 Å². The minimum atomic E-state index is -0.202. The number of benzene rings is 1. The highest BCUT2D eigenvalue weighted by atomic mass is 16.2. The van der Waals surface area contributed by atoms with Crippen LogP contribution in [0, 0.1) is 12.3 Å². The van der Waals surface area contributed by atoms with Gasteiger partial charge in [0.1, 0.15) is 0 Å². The van der Waals surface area contributed by atoms with Crippen molar-refractivity contribution >= 4 is 11.6 Å². The van der Waals surface area contributed by atoms with Crippen LogP contribution in [0.5, 0.6) is 0 Å². The molecule has 0 saturated carbocycles. The maximum atomic E-state index is 12.0. The third kappa shape index (κ3) is 2.75. The molecule has 0 aliphatic carbocycles. The van der Waals surface area contributed by atoms with E-state index in [-0.39, 0.29) is 12.5 Å². The Morgan fingerprint density at radius 3 is 2.74 bits per heavy atom. The van der Waals surface area contributed by atoms with Gasteiger partial charge in [0, 0.05) is 18.9 Å². The number of carbonyl (C=O) groups excluding carboxylic acids is 1. The number of hydrogen-bond donors (Lipinski definition) is 1. The molecule has 0 aliphatic rings. The quantitative estimate of drug-likeness (QED) is 0.660. The Bertz CT molecular complexity index is 622. The predicted molar refractivity (Wildman–Crippen MR) is 73.8 cm³/mol. The monoisotopic (exact) mass is 254 g/mol. The summed E-state index contributed by atoms with van der Waals surface area (Å²) in [6, 6.07) is 8.89. The summed E-state index contributed by atoms with van der Waals surface area (Å²) in [4.78, 5) is 13.4. The van der Waals surface area contributed by atoms with Crippen LogP contribution in [0.4, 0.5) is 5.69 Å². The van der Waals surface area contributed by atoms with Gasteiger partial charge in [0.2, 0.25) is 0 Å². The van der Waals surface area contributed by atoms with E-state index in [1.807, 2.05) is 12.1 Å². The molecule has 0 unspecified atom stereocenters. The van der Waals surface area contributed by atoms with E-state index in [4.69, 9.17) is 12.2 Å².